The third-order valence-corrected chi connectivity index (χ3v) is 2.88. The van der Waals surface area contributed by atoms with Crippen LogP contribution in [-0.4, -0.2) is 31.0 Å². The average Bonchev–Trinajstić information content (AvgIpc) is 3.16. The molecule has 0 radical (unpaired) electrons. The van der Waals surface area contributed by atoms with Crippen LogP contribution in [0.5, 0.6) is 0 Å². The highest BCUT2D eigenvalue weighted by atomic mass is 16.5. The number of amides is 1. The Labute approximate surface area is 125 Å². The Kier molecular flexibility index (Phi) is 3.45. The number of carbonyl (C=O) groups is 1. The Bertz CT molecular complexity index is 800. The summed E-state index contributed by atoms with van der Waals surface area (Å²) in [6, 6.07) is 3.41. The molecular weight excluding hydrogens is 288 g/mol. The lowest BCUT2D eigenvalue weighted by Gasteiger charge is -2.07. The first kappa shape index (κ1) is 14.0. The van der Waals surface area contributed by atoms with Gasteiger partial charge in [-0.1, -0.05) is 10.3 Å². The third-order valence-electron chi connectivity index (χ3n) is 2.88. The van der Waals surface area contributed by atoms with Crippen LogP contribution < -0.4 is 5.32 Å². The van der Waals surface area contributed by atoms with Gasteiger partial charge in [-0.25, -0.2) is 0 Å². The van der Waals surface area contributed by atoms with E-state index in [0.717, 1.165) is 0 Å². The van der Waals surface area contributed by atoms with E-state index in [4.69, 9.17) is 8.94 Å². The van der Waals surface area contributed by atoms with Gasteiger partial charge in [0.05, 0.1) is 0 Å². The smallest absolute Gasteiger partial charge is 0.322 e. The number of hydrogen-bond acceptors (Lipinski definition) is 7. The highest BCUT2D eigenvalue weighted by Crippen LogP contribution is 2.22. The standard InChI is InChI=1S/C13H14N6O3/c1-7(2)19-10(4-5-14-19)12-16-17-13(21-12)15-11(20)9-6-8(3)22-18-9/h4-7H,1-3H3,(H,15,17,20). The molecular formula is C13H14N6O3. The maximum atomic E-state index is 11.9. The van der Waals surface area contributed by atoms with Crippen molar-refractivity contribution in [2.24, 2.45) is 0 Å². The quantitative estimate of drug-likeness (QED) is 0.784. The number of aromatic nitrogens is 5. The van der Waals surface area contributed by atoms with Crippen molar-refractivity contribution in [2.75, 3.05) is 5.32 Å². The van der Waals surface area contributed by atoms with E-state index in [9.17, 15) is 4.79 Å². The summed E-state index contributed by atoms with van der Waals surface area (Å²) in [7, 11) is 0. The molecule has 3 rings (SSSR count). The molecule has 9 heteroatoms. The van der Waals surface area contributed by atoms with Crippen LogP contribution in [0.25, 0.3) is 11.6 Å². The second-order valence-corrected chi connectivity index (χ2v) is 4.94. The summed E-state index contributed by atoms with van der Waals surface area (Å²) in [5.74, 6) is 0.333. The number of rotatable bonds is 4. The highest BCUT2D eigenvalue weighted by molar-refractivity contribution is 6.01. The topological polar surface area (TPSA) is 112 Å². The summed E-state index contributed by atoms with van der Waals surface area (Å²) in [5.41, 5.74) is 0.824. The molecule has 22 heavy (non-hydrogen) atoms. The molecule has 0 atom stereocenters. The SMILES string of the molecule is Cc1cc(C(=O)Nc2nnc(-c3ccnn3C(C)C)o2)no1. The van der Waals surface area contributed by atoms with E-state index >= 15 is 0 Å². The summed E-state index contributed by atoms with van der Waals surface area (Å²) < 4.78 is 12.0. The van der Waals surface area contributed by atoms with E-state index in [2.05, 4.69) is 25.8 Å². The summed E-state index contributed by atoms with van der Waals surface area (Å²) in [6.45, 7) is 5.67. The predicted octanol–water partition coefficient (Wildman–Crippen LogP) is 2.06. The molecule has 114 valence electrons. The number of nitrogens with one attached hydrogen (secondary N) is 1. The molecule has 0 saturated carbocycles. The van der Waals surface area contributed by atoms with Gasteiger partial charge in [-0.3, -0.25) is 14.8 Å². The van der Waals surface area contributed by atoms with E-state index in [1.54, 1.807) is 23.9 Å². The van der Waals surface area contributed by atoms with E-state index < -0.39 is 5.91 Å². The molecule has 1 amide bonds. The molecule has 0 aliphatic rings. The van der Waals surface area contributed by atoms with Crippen molar-refractivity contribution in [1.82, 2.24) is 25.1 Å². The van der Waals surface area contributed by atoms with Crippen LogP contribution in [0.3, 0.4) is 0 Å². The first-order valence-electron chi connectivity index (χ1n) is 6.66. The first-order valence-corrected chi connectivity index (χ1v) is 6.66. The second-order valence-electron chi connectivity index (χ2n) is 4.94. The Hall–Kier alpha value is -2.97. The van der Waals surface area contributed by atoms with Gasteiger partial charge in [0.15, 0.2) is 5.69 Å². The molecule has 0 aromatic carbocycles. The minimum atomic E-state index is -0.482. The van der Waals surface area contributed by atoms with Gasteiger partial charge in [0.1, 0.15) is 11.5 Å². The Balaban J connectivity index is 1.79. The van der Waals surface area contributed by atoms with Crippen LogP contribution in [0.2, 0.25) is 0 Å². The van der Waals surface area contributed by atoms with Crippen molar-refractivity contribution in [3.63, 3.8) is 0 Å². The van der Waals surface area contributed by atoms with Crippen LogP contribution in [0.4, 0.5) is 6.01 Å². The van der Waals surface area contributed by atoms with Crippen LogP contribution in [-0.2, 0) is 0 Å². The van der Waals surface area contributed by atoms with Gasteiger partial charge in [-0.05, 0) is 26.8 Å². The molecule has 0 saturated heterocycles. The molecule has 3 aromatic heterocycles. The lowest BCUT2D eigenvalue weighted by molar-refractivity contribution is 0.101. The van der Waals surface area contributed by atoms with Crippen molar-refractivity contribution in [2.45, 2.75) is 26.8 Å². The fourth-order valence-corrected chi connectivity index (χ4v) is 1.91. The van der Waals surface area contributed by atoms with Crippen molar-refractivity contribution in [3.8, 4) is 11.6 Å². The number of aryl methyl sites for hydroxylation is 1. The molecule has 0 unspecified atom stereocenters. The normalized spacial score (nSPS) is 11.1. The summed E-state index contributed by atoms with van der Waals surface area (Å²) in [6.07, 6.45) is 1.65. The molecule has 0 aliphatic carbocycles. The molecule has 9 nitrogen and oxygen atoms in total. The maximum Gasteiger partial charge on any atom is 0.322 e. The van der Waals surface area contributed by atoms with E-state index in [1.165, 1.54) is 6.07 Å². The lowest BCUT2D eigenvalue weighted by Crippen LogP contribution is -2.12. The molecule has 0 spiro atoms. The predicted molar refractivity (Wildman–Crippen MR) is 75.1 cm³/mol. The average molecular weight is 302 g/mol. The van der Waals surface area contributed by atoms with Gasteiger partial charge >= 0.3 is 6.01 Å². The highest BCUT2D eigenvalue weighted by Gasteiger charge is 2.18. The molecule has 0 bridgehead atoms. The largest absolute Gasteiger partial charge is 0.401 e. The van der Waals surface area contributed by atoms with Crippen molar-refractivity contribution in [3.05, 3.63) is 29.8 Å². The number of anilines is 1. The van der Waals surface area contributed by atoms with Gasteiger partial charge in [0.2, 0.25) is 0 Å². The molecule has 3 aromatic rings. The van der Waals surface area contributed by atoms with Gasteiger partial charge < -0.3 is 8.94 Å². The number of hydrogen-bond donors (Lipinski definition) is 1. The van der Waals surface area contributed by atoms with Crippen LogP contribution in [0.1, 0.15) is 36.1 Å². The van der Waals surface area contributed by atoms with Crippen molar-refractivity contribution >= 4 is 11.9 Å². The van der Waals surface area contributed by atoms with E-state index in [-0.39, 0.29) is 23.6 Å². The Morgan fingerprint density at radius 3 is 2.86 bits per heavy atom. The minimum Gasteiger partial charge on any atom is -0.401 e. The summed E-state index contributed by atoms with van der Waals surface area (Å²) >= 11 is 0. The molecule has 1 N–H and O–H groups in total. The van der Waals surface area contributed by atoms with E-state index in [1.807, 2.05) is 13.8 Å². The van der Waals surface area contributed by atoms with Gasteiger partial charge in [0.25, 0.3) is 11.8 Å². The van der Waals surface area contributed by atoms with Gasteiger partial charge in [-0.2, -0.15) is 5.10 Å². The fourth-order valence-electron chi connectivity index (χ4n) is 1.91. The Morgan fingerprint density at radius 2 is 2.18 bits per heavy atom. The Morgan fingerprint density at radius 1 is 1.36 bits per heavy atom. The fraction of sp³-hybridized carbons (Fsp3) is 0.308. The number of carbonyl (C=O) groups excluding carboxylic acids is 1. The second kappa shape index (κ2) is 5.43. The third kappa shape index (κ3) is 2.60. The maximum absolute atomic E-state index is 11.9. The van der Waals surface area contributed by atoms with Crippen LogP contribution in [0.15, 0.2) is 27.3 Å². The molecule has 0 fully saturated rings. The molecule has 3 heterocycles. The van der Waals surface area contributed by atoms with Crippen LogP contribution in [0, 0.1) is 6.92 Å². The van der Waals surface area contributed by atoms with Gasteiger partial charge in [-0.15, -0.1) is 5.10 Å². The molecule has 0 aliphatic heterocycles. The zero-order valence-electron chi connectivity index (χ0n) is 12.3. The monoisotopic (exact) mass is 302 g/mol. The van der Waals surface area contributed by atoms with E-state index in [0.29, 0.717) is 11.5 Å². The van der Waals surface area contributed by atoms with Gasteiger partial charge in [0, 0.05) is 18.3 Å². The summed E-state index contributed by atoms with van der Waals surface area (Å²) in [5, 5.41) is 18.0. The number of nitrogens with zero attached hydrogens (tertiary/aromatic N) is 5. The van der Waals surface area contributed by atoms with Crippen molar-refractivity contribution in [1.29, 1.82) is 0 Å². The first-order chi connectivity index (χ1) is 10.5. The lowest BCUT2D eigenvalue weighted by atomic mass is 10.3. The zero-order chi connectivity index (χ0) is 15.7. The summed E-state index contributed by atoms with van der Waals surface area (Å²) in [4.78, 5) is 11.9. The minimum absolute atomic E-state index is 0.0165. The zero-order valence-corrected chi connectivity index (χ0v) is 12.3. The van der Waals surface area contributed by atoms with Crippen molar-refractivity contribution < 1.29 is 13.7 Å². The van der Waals surface area contributed by atoms with Crippen LogP contribution >= 0.6 is 0 Å².